The van der Waals surface area contributed by atoms with Crippen molar-refractivity contribution in [2.45, 2.75) is 26.4 Å². The number of likely N-dealkylation sites (N-methyl/N-ethyl adjacent to an activating group) is 1. The number of rotatable bonds is 9. The Morgan fingerprint density at radius 1 is 1.31 bits per heavy atom. The Morgan fingerprint density at radius 2 is 2.10 bits per heavy atom. The summed E-state index contributed by atoms with van der Waals surface area (Å²) in [4.78, 5) is 17.4. The molecule has 0 bridgehead atoms. The van der Waals surface area contributed by atoms with Crippen LogP contribution in [0.1, 0.15) is 18.3 Å². The van der Waals surface area contributed by atoms with E-state index < -0.39 is 0 Å². The number of halogens is 1. The molecule has 10 heteroatoms. The Kier molecular flexibility index (Phi) is 11.0. The Labute approximate surface area is 189 Å². The second kappa shape index (κ2) is 13.0. The monoisotopic (exact) mass is 515 g/mol. The average molecular weight is 515 g/mol. The molecule has 1 amide bonds. The summed E-state index contributed by atoms with van der Waals surface area (Å²) >= 11 is 0. The van der Waals surface area contributed by atoms with Gasteiger partial charge in [0.25, 0.3) is 5.91 Å². The summed E-state index contributed by atoms with van der Waals surface area (Å²) in [5.41, 5.74) is 1.03. The maximum absolute atomic E-state index is 11.6. The smallest absolute Gasteiger partial charge is 0.259 e. The zero-order valence-corrected chi connectivity index (χ0v) is 19.7. The number of hydrogen-bond acceptors (Lipinski definition) is 5. The lowest BCUT2D eigenvalue weighted by atomic mass is 10.2. The maximum atomic E-state index is 11.6. The van der Waals surface area contributed by atoms with Gasteiger partial charge in [-0.2, -0.15) is 0 Å². The van der Waals surface area contributed by atoms with Gasteiger partial charge in [-0.25, -0.2) is 0 Å². The molecule has 2 aromatic rings. The lowest BCUT2D eigenvalue weighted by molar-refractivity contribution is -0.130. The lowest BCUT2D eigenvalue weighted by Crippen LogP contribution is -2.38. The number of amides is 1. The lowest BCUT2D eigenvalue weighted by Gasteiger charge is -2.14. The highest BCUT2D eigenvalue weighted by molar-refractivity contribution is 14.0. The molecule has 1 heterocycles. The minimum atomic E-state index is -0.0764. The fourth-order valence-electron chi connectivity index (χ4n) is 2.46. The predicted molar refractivity (Wildman–Crippen MR) is 124 cm³/mol. The molecule has 1 aromatic heterocycles. The van der Waals surface area contributed by atoms with Crippen LogP contribution in [0.4, 0.5) is 0 Å². The van der Waals surface area contributed by atoms with Crippen LogP contribution in [-0.4, -0.2) is 65.8 Å². The van der Waals surface area contributed by atoms with Crippen LogP contribution >= 0.6 is 24.0 Å². The van der Waals surface area contributed by atoms with Crippen molar-refractivity contribution in [3.05, 3.63) is 42.0 Å². The molecule has 2 N–H and O–H groups in total. The zero-order valence-electron chi connectivity index (χ0n) is 17.4. The van der Waals surface area contributed by atoms with Crippen molar-refractivity contribution in [1.29, 1.82) is 0 Å². The first-order valence-corrected chi connectivity index (χ1v) is 9.26. The molecule has 0 unspecified atom stereocenters. The normalized spacial score (nSPS) is 10.8. The average Bonchev–Trinajstić information content (AvgIpc) is 3.16. The number of guanidine groups is 1. The van der Waals surface area contributed by atoms with Crippen LogP contribution in [0, 0.1) is 0 Å². The van der Waals surface area contributed by atoms with Crippen molar-refractivity contribution < 1.29 is 9.53 Å². The minimum Gasteiger partial charge on any atom is -0.484 e. The molecule has 29 heavy (non-hydrogen) atoms. The number of aryl methyl sites for hydroxylation is 1. The van der Waals surface area contributed by atoms with Gasteiger partial charge in [0.15, 0.2) is 12.6 Å². The third-order valence-corrected chi connectivity index (χ3v) is 4.10. The first-order chi connectivity index (χ1) is 13.5. The van der Waals surface area contributed by atoms with Gasteiger partial charge in [-0.05, 0) is 17.7 Å². The van der Waals surface area contributed by atoms with Crippen molar-refractivity contribution in [3.8, 4) is 5.75 Å². The van der Waals surface area contributed by atoms with E-state index in [1.54, 1.807) is 27.5 Å². The number of aliphatic imine (C=N–C) groups is 1. The number of ether oxygens (including phenoxy) is 1. The molecule has 0 saturated heterocycles. The van der Waals surface area contributed by atoms with Gasteiger partial charge in [0, 0.05) is 47.2 Å². The van der Waals surface area contributed by atoms with Gasteiger partial charge in [0.1, 0.15) is 17.9 Å². The predicted octanol–water partition coefficient (Wildman–Crippen LogP) is 1.29. The van der Waals surface area contributed by atoms with Gasteiger partial charge in [-0.3, -0.25) is 9.79 Å². The number of hydrogen-bond donors (Lipinski definition) is 2. The Balaban J connectivity index is 0.00000420. The van der Waals surface area contributed by atoms with Crippen molar-refractivity contribution in [2.24, 2.45) is 4.99 Å². The molecule has 2 rings (SSSR count). The molecule has 0 fully saturated rings. The fourth-order valence-corrected chi connectivity index (χ4v) is 2.46. The molecular weight excluding hydrogens is 485 g/mol. The van der Waals surface area contributed by atoms with E-state index in [-0.39, 0.29) is 36.5 Å². The number of benzene rings is 1. The van der Waals surface area contributed by atoms with Crippen molar-refractivity contribution in [3.63, 3.8) is 0 Å². The summed E-state index contributed by atoms with van der Waals surface area (Å²) in [5, 5.41) is 14.6. The van der Waals surface area contributed by atoms with Crippen LogP contribution in [0.3, 0.4) is 0 Å². The highest BCUT2D eigenvalue weighted by atomic mass is 127. The van der Waals surface area contributed by atoms with Gasteiger partial charge in [0.05, 0.1) is 0 Å². The van der Waals surface area contributed by atoms with E-state index in [2.05, 4.69) is 32.7 Å². The first kappa shape index (κ1) is 24.7. The van der Waals surface area contributed by atoms with E-state index in [1.807, 2.05) is 28.8 Å². The highest BCUT2D eigenvalue weighted by Crippen LogP contribution is 2.13. The molecule has 0 atom stereocenters. The first-order valence-electron chi connectivity index (χ1n) is 9.26. The summed E-state index contributed by atoms with van der Waals surface area (Å²) in [7, 11) is 5.14. The summed E-state index contributed by atoms with van der Waals surface area (Å²) < 4.78 is 7.58. The van der Waals surface area contributed by atoms with Gasteiger partial charge >= 0.3 is 0 Å². The molecule has 0 aliphatic carbocycles. The van der Waals surface area contributed by atoms with E-state index in [0.29, 0.717) is 24.8 Å². The highest BCUT2D eigenvalue weighted by Gasteiger charge is 2.06. The number of carbonyl (C=O) groups is 1. The van der Waals surface area contributed by atoms with Crippen molar-refractivity contribution >= 4 is 35.8 Å². The summed E-state index contributed by atoms with van der Waals surface area (Å²) in [6.45, 7) is 4.14. The van der Waals surface area contributed by atoms with E-state index in [0.717, 1.165) is 24.4 Å². The van der Waals surface area contributed by atoms with E-state index in [9.17, 15) is 4.79 Å². The molecular formula is C19H30IN7O2. The summed E-state index contributed by atoms with van der Waals surface area (Å²) in [5.74, 6) is 2.26. The van der Waals surface area contributed by atoms with Crippen LogP contribution in [0.5, 0.6) is 5.75 Å². The SMILES string of the molecule is CCc1nncn1CCNC(=NC)NCc1cccc(OCC(=O)N(C)C)c1.I. The van der Waals surface area contributed by atoms with Gasteiger partial charge in [-0.1, -0.05) is 19.1 Å². The fraction of sp³-hybridized carbons (Fsp3) is 0.474. The van der Waals surface area contributed by atoms with Gasteiger partial charge in [0.2, 0.25) is 0 Å². The number of nitrogens with zero attached hydrogens (tertiary/aromatic N) is 5. The van der Waals surface area contributed by atoms with Crippen LogP contribution in [-0.2, 0) is 24.3 Å². The maximum Gasteiger partial charge on any atom is 0.259 e. The second-order valence-electron chi connectivity index (χ2n) is 6.37. The number of aromatic nitrogens is 3. The van der Waals surface area contributed by atoms with Crippen molar-refractivity contribution in [2.75, 3.05) is 34.3 Å². The van der Waals surface area contributed by atoms with Gasteiger partial charge in [-0.15, -0.1) is 34.2 Å². The Bertz CT molecular complexity index is 792. The van der Waals surface area contributed by atoms with Crippen LogP contribution in [0.25, 0.3) is 0 Å². The molecule has 1 aromatic carbocycles. The van der Waals surface area contributed by atoms with Crippen LogP contribution < -0.4 is 15.4 Å². The van der Waals surface area contributed by atoms with E-state index in [4.69, 9.17) is 4.74 Å². The Hall–Kier alpha value is -2.37. The standard InChI is InChI=1S/C19H29N7O2.HI/c1-5-17-24-23-14-26(17)10-9-21-19(20-2)22-12-15-7-6-8-16(11-15)28-13-18(27)25(3)4;/h6-8,11,14H,5,9-10,12-13H2,1-4H3,(H2,20,21,22);1H. The quantitative estimate of drug-likeness (QED) is 0.297. The van der Waals surface area contributed by atoms with Crippen molar-refractivity contribution in [1.82, 2.24) is 30.3 Å². The minimum absolute atomic E-state index is 0. The summed E-state index contributed by atoms with van der Waals surface area (Å²) in [6, 6.07) is 7.64. The van der Waals surface area contributed by atoms with Crippen LogP contribution in [0.2, 0.25) is 0 Å². The zero-order chi connectivity index (χ0) is 20.4. The molecule has 0 radical (unpaired) electrons. The molecule has 9 nitrogen and oxygen atoms in total. The molecule has 0 aliphatic rings. The number of nitrogens with one attached hydrogen (secondary N) is 2. The van der Waals surface area contributed by atoms with E-state index >= 15 is 0 Å². The molecule has 0 saturated carbocycles. The number of carbonyl (C=O) groups excluding carboxylic acids is 1. The van der Waals surface area contributed by atoms with E-state index in [1.165, 1.54) is 4.90 Å². The largest absolute Gasteiger partial charge is 0.484 e. The third kappa shape index (κ3) is 8.26. The summed E-state index contributed by atoms with van der Waals surface area (Å²) in [6.07, 6.45) is 2.59. The molecule has 0 spiro atoms. The molecule has 160 valence electrons. The topological polar surface area (TPSA) is 96.7 Å². The Morgan fingerprint density at radius 3 is 2.79 bits per heavy atom. The molecule has 0 aliphatic heterocycles. The second-order valence-corrected chi connectivity index (χ2v) is 6.37. The van der Waals surface area contributed by atoms with Gasteiger partial charge < -0.3 is 24.8 Å². The third-order valence-electron chi connectivity index (χ3n) is 4.10. The van der Waals surface area contributed by atoms with Crippen LogP contribution in [0.15, 0.2) is 35.6 Å².